The smallest absolute Gasteiger partial charge is 0.335 e. The second-order valence-electron chi connectivity index (χ2n) is 4.29. The van der Waals surface area contributed by atoms with E-state index >= 15 is 0 Å². The number of carbonyl (C=O) groups excluding carboxylic acids is 1. The molecule has 0 fully saturated rings. The van der Waals surface area contributed by atoms with Crippen LogP contribution in [-0.2, 0) is 6.54 Å². The van der Waals surface area contributed by atoms with Gasteiger partial charge in [0.05, 0.1) is 11.3 Å². The number of carboxylic acids is 1. The van der Waals surface area contributed by atoms with Crippen molar-refractivity contribution in [2.75, 3.05) is 5.32 Å². The monoisotopic (exact) mass is 348 g/mol. The van der Waals surface area contributed by atoms with Gasteiger partial charge in [-0.25, -0.2) is 9.59 Å². The Bertz CT molecular complexity index is 659. The maximum absolute atomic E-state index is 11.8. The third-order valence-electron chi connectivity index (χ3n) is 2.76. The number of carboxylic acid groups (broad SMARTS) is 1. The molecule has 21 heavy (non-hydrogen) atoms. The fourth-order valence-electron chi connectivity index (χ4n) is 1.69. The number of urea groups is 1. The molecule has 2 rings (SSSR count). The lowest BCUT2D eigenvalue weighted by molar-refractivity contribution is 0.0697. The lowest BCUT2D eigenvalue weighted by Crippen LogP contribution is -2.28. The number of rotatable bonds is 4. The summed E-state index contributed by atoms with van der Waals surface area (Å²) >= 11 is 3.23. The highest BCUT2D eigenvalue weighted by atomic mass is 79.9. The van der Waals surface area contributed by atoms with Crippen molar-refractivity contribution in [3.8, 4) is 0 Å². The van der Waals surface area contributed by atoms with E-state index in [-0.39, 0.29) is 11.6 Å². The molecule has 0 bridgehead atoms. The molecule has 2 aromatic rings. The topological polar surface area (TPSA) is 78.4 Å². The zero-order chi connectivity index (χ0) is 15.2. The number of amides is 2. The van der Waals surface area contributed by atoms with E-state index in [9.17, 15) is 9.59 Å². The maximum Gasteiger partial charge on any atom is 0.335 e. The van der Waals surface area contributed by atoms with Gasteiger partial charge in [0, 0.05) is 11.0 Å². The predicted molar refractivity (Wildman–Crippen MR) is 83.4 cm³/mol. The average molecular weight is 349 g/mol. The molecular weight excluding hydrogens is 336 g/mol. The minimum absolute atomic E-state index is 0.150. The minimum Gasteiger partial charge on any atom is -0.478 e. The van der Waals surface area contributed by atoms with Crippen LogP contribution < -0.4 is 10.6 Å². The van der Waals surface area contributed by atoms with Gasteiger partial charge in [-0.2, -0.15) is 0 Å². The molecule has 0 atom stereocenters. The van der Waals surface area contributed by atoms with E-state index in [4.69, 9.17) is 5.11 Å². The van der Waals surface area contributed by atoms with Gasteiger partial charge in [-0.05, 0) is 39.7 Å². The number of anilines is 1. The van der Waals surface area contributed by atoms with E-state index in [0.717, 1.165) is 5.56 Å². The Morgan fingerprint density at radius 3 is 2.43 bits per heavy atom. The first-order valence-corrected chi connectivity index (χ1v) is 6.97. The second-order valence-corrected chi connectivity index (χ2v) is 5.15. The first-order chi connectivity index (χ1) is 10.1. The Morgan fingerprint density at radius 1 is 1.10 bits per heavy atom. The molecule has 0 unspecified atom stereocenters. The van der Waals surface area contributed by atoms with Crippen LogP contribution in [0, 0.1) is 0 Å². The van der Waals surface area contributed by atoms with Crippen LogP contribution in [0.1, 0.15) is 15.9 Å². The molecular formula is C15H13BrN2O3. The van der Waals surface area contributed by atoms with Crippen molar-refractivity contribution in [2.45, 2.75) is 6.54 Å². The number of halogens is 1. The molecule has 2 aromatic carbocycles. The highest BCUT2D eigenvalue weighted by Gasteiger charge is 2.09. The van der Waals surface area contributed by atoms with Crippen LogP contribution in [0.2, 0.25) is 0 Å². The normalized spacial score (nSPS) is 9.95. The quantitative estimate of drug-likeness (QED) is 0.791. The fraction of sp³-hybridized carbons (Fsp3) is 0.0667. The third-order valence-corrected chi connectivity index (χ3v) is 3.42. The van der Waals surface area contributed by atoms with Gasteiger partial charge in [0.15, 0.2) is 0 Å². The highest BCUT2D eigenvalue weighted by molar-refractivity contribution is 9.10. The summed E-state index contributed by atoms with van der Waals surface area (Å²) in [4.78, 5) is 22.6. The first-order valence-electron chi connectivity index (χ1n) is 6.18. The molecule has 0 saturated carbocycles. The summed E-state index contributed by atoms with van der Waals surface area (Å²) in [7, 11) is 0. The summed E-state index contributed by atoms with van der Waals surface area (Å²) in [5, 5.41) is 14.3. The van der Waals surface area contributed by atoms with Gasteiger partial charge in [-0.1, -0.05) is 30.3 Å². The summed E-state index contributed by atoms with van der Waals surface area (Å²) in [5.41, 5.74) is 1.65. The fourth-order valence-corrected chi connectivity index (χ4v) is 2.17. The number of benzene rings is 2. The molecule has 0 saturated heterocycles. The molecule has 6 heteroatoms. The lowest BCUT2D eigenvalue weighted by atomic mass is 10.2. The van der Waals surface area contributed by atoms with Gasteiger partial charge < -0.3 is 15.7 Å². The van der Waals surface area contributed by atoms with Gasteiger partial charge in [0.25, 0.3) is 0 Å². The molecule has 0 spiro atoms. The van der Waals surface area contributed by atoms with E-state index < -0.39 is 5.97 Å². The highest BCUT2D eigenvalue weighted by Crippen LogP contribution is 2.23. The third kappa shape index (κ3) is 4.32. The van der Waals surface area contributed by atoms with Gasteiger partial charge in [0.1, 0.15) is 0 Å². The van der Waals surface area contributed by atoms with Crippen molar-refractivity contribution in [3.05, 3.63) is 64.1 Å². The first kappa shape index (κ1) is 15.1. The van der Waals surface area contributed by atoms with Crippen LogP contribution in [0.25, 0.3) is 0 Å². The summed E-state index contributed by atoms with van der Waals surface area (Å²) in [6, 6.07) is 13.6. The summed E-state index contributed by atoms with van der Waals surface area (Å²) in [5.74, 6) is -1.02. The van der Waals surface area contributed by atoms with Gasteiger partial charge in [-0.3, -0.25) is 0 Å². The van der Waals surface area contributed by atoms with Crippen LogP contribution in [0.15, 0.2) is 53.0 Å². The van der Waals surface area contributed by atoms with Gasteiger partial charge >= 0.3 is 12.0 Å². The van der Waals surface area contributed by atoms with Crippen molar-refractivity contribution in [3.63, 3.8) is 0 Å². The SMILES string of the molecule is O=C(NCc1ccccc1)Nc1ccc(C(=O)O)cc1Br. The molecule has 0 aliphatic carbocycles. The Kier molecular flexibility index (Phi) is 4.94. The molecule has 0 radical (unpaired) electrons. The van der Waals surface area contributed by atoms with Crippen molar-refractivity contribution in [1.29, 1.82) is 0 Å². The average Bonchev–Trinajstić information content (AvgIpc) is 2.48. The van der Waals surface area contributed by atoms with E-state index in [1.54, 1.807) is 0 Å². The van der Waals surface area contributed by atoms with E-state index in [1.807, 2.05) is 30.3 Å². The number of carbonyl (C=O) groups is 2. The van der Waals surface area contributed by atoms with Crippen LogP contribution in [0.5, 0.6) is 0 Å². The van der Waals surface area contributed by atoms with E-state index in [2.05, 4.69) is 26.6 Å². The zero-order valence-corrected chi connectivity index (χ0v) is 12.6. The number of hydrogen-bond acceptors (Lipinski definition) is 2. The van der Waals surface area contributed by atoms with Crippen LogP contribution in [0.4, 0.5) is 10.5 Å². The molecule has 0 aliphatic heterocycles. The largest absolute Gasteiger partial charge is 0.478 e. The molecule has 108 valence electrons. The minimum atomic E-state index is -1.02. The van der Waals surface area contributed by atoms with Gasteiger partial charge in [-0.15, -0.1) is 0 Å². The maximum atomic E-state index is 11.8. The summed E-state index contributed by atoms with van der Waals surface area (Å²) in [6.07, 6.45) is 0. The molecule has 2 amide bonds. The Balaban J connectivity index is 1.95. The van der Waals surface area contributed by atoms with Crippen molar-refractivity contribution in [2.24, 2.45) is 0 Å². The van der Waals surface area contributed by atoms with E-state index in [0.29, 0.717) is 16.7 Å². The van der Waals surface area contributed by atoms with Crippen molar-refractivity contribution < 1.29 is 14.7 Å². The Labute approximate surface area is 130 Å². The Morgan fingerprint density at radius 2 is 1.81 bits per heavy atom. The van der Waals surface area contributed by atoms with E-state index in [1.165, 1.54) is 18.2 Å². The number of hydrogen-bond donors (Lipinski definition) is 3. The number of aromatic carboxylic acids is 1. The number of nitrogens with one attached hydrogen (secondary N) is 2. The standard InChI is InChI=1S/C15H13BrN2O3/c16-12-8-11(14(19)20)6-7-13(12)18-15(21)17-9-10-4-2-1-3-5-10/h1-8H,9H2,(H,19,20)(H2,17,18,21). The molecule has 0 aromatic heterocycles. The molecule has 5 nitrogen and oxygen atoms in total. The van der Waals surface area contributed by atoms with Crippen LogP contribution >= 0.6 is 15.9 Å². The van der Waals surface area contributed by atoms with Crippen molar-refractivity contribution >= 4 is 33.6 Å². The second kappa shape index (κ2) is 6.90. The van der Waals surface area contributed by atoms with Crippen LogP contribution in [-0.4, -0.2) is 17.1 Å². The predicted octanol–water partition coefficient (Wildman–Crippen LogP) is 3.47. The molecule has 0 aliphatic rings. The zero-order valence-electron chi connectivity index (χ0n) is 11.0. The molecule has 0 heterocycles. The summed E-state index contributed by atoms with van der Waals surface area (Å²) in [6.45, 7) is 0.414. The molecule has 3 N–H and O–H groups in total. The Hall–Kier alpha value is -2.34. The van der Waals surface area contributed by atoms with Crippen molar-refractivity contribution in [1.82, 2.24) is 5.32 Å². The van der Waals surface area contributed by atoms with Crippen LogP contribution in [0.3, 0.4) is 0 Å². The lowest BCUT2D eigenvalue weighted by Gasteiger charge is -2.09. The summed E-state index contributed by atoms with van der Waals surface area (Å²) < 4.78 is 0.511. The van der Waals surface area contributed by atoms with Gasteiger partial charge in [0.2, 0.25) is 0 Å².